The van der Waals surface area contributed by atoms with E-state index in [0.29, 0.717) is 10.8 Å². The Balaban J connectivity index is 1.78. The third-order valence-electron chi connectivity index (χ3n) is 3.68. The first kappa shape index (κ1) is 15.0. The van der Waals surface area contributed by atoms with Gasteiger partial charge in [-0.1, -0.05) is 23.9 Å². The maximum Gasteiger partial charge on any atom is 0.235 e. The zero-order chi connectivity index (χ0) is 15.5. The highest BCUT2D eigenvalue weighted by Crippen LogP contribution is 2.26. The van der Waals surface area contributed by atoms with Crippen molar-refractivity contribution in [1.82, 2.24) is 19.7 Å². The van der Waals surface area contributed by atoms with Crippen LogP contribution in [0.2, 0.25) is 0 Å². The van der Waals surface area contributed by atoms with Crippen molar-refractivity contribution >= 4 is 17.7 Å². The molecule has 0 bridgehead atoms. The standard InChI is InChI=1S/C15H17FN4OS/c1-11(14(21)19-8-4-5-9-19)22-15-18-17-10-20(15)13-7-3-2-6-12(13)16/h2-3,6-7,10-11H,4-5,8-9H2,1H3. The number of amides is 1. The molecule has 116 valence electrons. The molecule has 22 heavy (non-hydrogen) atoms. The van der Waals surface area contributed by atoms with Gasteiger partial charge in [0, 0.05) is 13.1 Å². The van der Waals surface area contributed by atoms with Gasteiger partial charge in [0.25, 0.3) is 0 Å². The van der Waals surface area contributed by atoms with Gasteiger partial charge in [0.2, 0.25) is 5.91 Å². The predicted octanol–water partition coefficient (Wildman–Crippen LogP) is 2.51. The maximum absolute atomic E-state index is 13.9. The van der Waals surface area contributed by atoms with Gasteiger partial charge >= 0.3 is 0 Å². The van der Waals surface area contributed by atoms with Crippen LogP contribution in [0.3, 0.4) is 0 Å². The second-order valence-corrected chi connectivity index (χ2v) is 6.54. The van der Waals surface area contributed by atoms with Crippen molar-refractivity contribution in [3.63, 3.8) is 0 Å². The maximum atomic E-state index is 13.9. The molecule has 0 radical (unpaired) electrons. The Morgan fingerprint density at radius 1 is 1.32 bits per heavy atom. The van der Waals surface area contributed by atoms with Crippen LogP contribution in [0.15, 0.2) is 35.7 Å². The van der Waals surface area contributed by atoms with Gasteiger partial charge in [-0.25, -0.2) is 4.39 Å². The average Bonchev–Trinajstić information content (AvgIpc) is 3.18. The summed E-state index contributed by atoms with van der Waals surface area (Å²) in [6, 6.07) is 6.44. The lowest BCUT2D eigenvalue weighted by atomic mass is 10.3. The van der Waals surface area contributed by atoms with Gasteiger partial charge in [0.15, 0.2) is 5.16 Å². The van der Waals surface area contributed by atoms with Crippen molar-refractivity contribution < 1.29 is 9.18 Å². The Morgan fingerprint density at radius 3 is 2.77 bits per heavy atom. The average molecular weight is 320 g/mol. The summed E-state index contributed by atoms with van der Waals surface area (Å²) in [6.07, 6.45) is 3.59. The molecule has 3 rings (SSSR count). The van der Waals surface area contributed by atoms with Crippen molar-refractivity contribution in [1.29, 1.82) is 0 Å². The Labute approximate surface area is 132 Å². The molecule has 0 spiro atoms. The first-order chi connectivity index (χ1) is 10.7. The third kappa shape index (κ3) is 2.99. The van der Waals surface area contributed by atoms with Crippen LogP contribution < -0.4 is 0 Å². The van der Waals surface area contributed by atoms with Gasteiger partial charge in [-0.2, -0.15) is 0 Å². The molecule has 1 fully saturated rings. The summed E-state index contributed by atoms with van der Waals surface area (Å²) in [7, 11) is 0. The molecule has 7 heteroatoms. The van der Waals surface area contributed by atoms with E-state index in [-0.39, 0.29) is 17.0 Å². The van der Waals surface area contributed by atoms with Crippen molar-refractivity contribution in [2.75, 3.05) is 13.1 Å². The monoisotopic (exact) mass is 320 g/mol. The molecule has 1 aromatic carbocycles. The van der Waals surface area contributed by atoms with Crippen LogP contribution in [0.4, 0.5) is 4.39 Å². The summed E-state index contributed by atoms with van der Waals surface area (Å²) >= 11 is 1.31. The lowest BCUT2D eigenvalue weighted by Crippen LogP contribution is -2.34. The van der Waals surface area contributed by atoms with E-state index < -0.39 is 0 Å². The second-order valence-electron chi connectivity index (χ2n) is 5.23. The van der Waals surface area contributed by atoms with E-state index in [1.165, 1.54) is 24.2 Å². The Bertz CT molecular complexity index is 669. The number of hydrogen-bond acceptors (Lipinski definition) is 4. The van der Waals surface area contributed by atoms with Gasteiger partial charge < -0.3 is 4.90 Å². The van der Waals surface area contributed by atoms with Gasteiger partial charge in [-0.15, -0.1) is 10.2 Å². The minimum atomic E-state index is -0.345. The van der Waals surface area contributed by atoms with Crippen LogP contribution in [0.5, 0.6) is 0 Å². The molecule has 1 saturated heterocycles. The number of carbonyl (C=O) groups is 1. The number of hydrogen-bond donors (Lipinski definition) is 0. The van der Waals surface area contributed by atoms with E-state index in [4.69, 9.17) is 0 Å². The van der Waals surface area contributed by atoms with Crippen LogP contribution >= 0.6 is 11.8 Å². The third-order valence-corrected chi connectivity index (χ3v) is 4.72. The van der Waals surface area contributed by atoms with Gasteiger partial charge in [-0.05, 0) is 31.9 Å². The van der Waals surface area contributed by atoms with E-state index >= 15 is 0 Å². The zero-order valence-corrected chi connectivity index (χ0v) is 13.1. The van der Waals surface area contributed by atoms with Crippen molar-refractivity contribution in [3.05, 3.63) is 36.4 Å². The first-order valence-corrected chi connectivity index (χ1v) is 8.15. The Morgan fingerprint density at radius 2 is 2.05 bits per heavy atom. The molecule has 1 aliphatic heterocycles. The normalized spacial score (nSPS) is 16.0. The van der Waals surface area contributed by atoms with Crippen LogP contribution in [-0.2, 0) is 4.79 Å². The van der Waals surface area contributed by atoms with Gasteiger partial charge in [0.05, 0.1) is 10.9 Å². The number of para-hydroxylation sites is 1. The molecule has 1 atom stereocenters. The van der Waals surface area contributed by atoms with Crippen molar-refractivity contribution in [2.24, 2.45) is 0 Å². The van der Waals surface area contributed by atoms with Crippen LogP contribution in [0, 0.1) is 5.82 Å². The number of rotatable bonds is 4. The van der Waals surface area contributed by atoms with E-state index in [1.807, 2.05) is 11.8 Å². The molecular formula is C15H17FN4OS. The molecule has 1 unspecified atom stereocenters. The minimum absolute atomic E-state index is 0.102. The van der Waals surface area contributed by atoms with E-state index in [9.17, 15) is 9.18 Å². The van der Waals surface area contributed by atoms with Crippen LogP contribution in [-0.4, -0.2) is 43.9 Å². The molecule has 5 nitrogen and oxygen atoms in total. The quantitative estimate of drug-likeness (QED) is 0.812. The number of halogens is 1. The fraction of sp³-hybridized carbons (Fsp3) is 0.400. The van der Waals surface area contributed by atoms with Crippen LogP contribution in [0.1, 0.15) is 19.8 Å². The molecule has 0 aliphatic carbocycles. The Hall–Kier alpha value is -1.89. The molecule has 2 aromatic rings. The number of carbonyl (C=O) groups excluding carboxylic acids is 1. The summed E-state index contributed by atoms with van der Waals surface area (Å²) in [5, 5.41) is 8.12. The summed E-state index contributed by atoms with van der Waals surface area (Å²) in [4.78, 5) is 14.2. The zero-order valence-electron chi connectivity index (χ0n) is 12.3. The predicted molar refractivity (Wildman–Crippen MR) is 82.5 cm³/mol. The number of nitrogens with zero attached hydrogens (tertiary/aromatic N) is 4. The Kier molecular flexibility index (Phi) is 4.42. The van der Waals surface area contributed by atoms with E-state index in [1.54, 1.807) is 22.8 Å². The summed E-state index contributed by atoms with van der Waals surface area (Å²) in [5.74, 6) is -0.242. The first-order valence-electron chi connectivity index (χ1n) is 7.27. The van der Waals surface area contributed by atoms with Crippen LogP contribution in [0.25, 0.3) is 5.69 Å². The molecule has 0 saturated carbocycles. The van der Waals surface area contributed by atoms with E-state index in [2.05, 4.69) is 10.2 Å². The molecule has 1 aromatic heterocycles. The highest BCUT2D eigenvalue weighted by atomic mass is 32.2. The number of likely N-dealkylation sites (tertiary alicyclic amines) is 1. The fourth-order valence-corrected chi connectivity index (χ4v) is 3.44. The molecule has 0 N–H and O–H groups in total. The molecule has 1 amide bonds. The van der Waals surface area contributed by atoms with Gasteiger partial charge in [0.1, 0.15) is 12.1 Å². The van der Waals surface area contributed by atoms with E-state index in [0.717, 1.165) is 25.9 Å². The summed E-state index contributed by atoms with van der Waals surface area (Å²) in [5.41, 5.74) is 0.385. The van der Waals surface area contributed by atoms with Crippen molar-refractivity contribution in [2.45, 2.75) is 30.2 Å². The SMILES string of the molecule is CC(Sc1nncn1-c1ccccc1F)C(=O)N1CCCC1. The minimum Gasteiger partial charge on any atom is -0.342 e. The number of aromatic nitrogens is 3. The molecule has 1 aliphatic rings. The largest absolute Gasteiger partial charge is 0.342 e. The summed E-state index contributed by atoms with van der Waals surface area (Å²) < 4.78 is 15.5. The number of benzene rings is 1. The summed E-state index contributed by atoms with van der Waals surface area (Å²) in [6.45, 7) is 3.50. The highest BCUT2D eigenvalue weighted by molar-refractivity contribution is 8.00. The lowest BCUT2D eigenvalue weighted by Gasteiger charge is -2.19. The number of thioether (sulfide) groups is 1. The molecule has 2 heterocycles. The smallest absolute Gasteiger partial charge is 0.235 e. The molecular weight excluding hydrogens is 303 g/mol. The second kappa shape index (κ2) is 6.48. The topological polar surface area (TPSA) is 51.0 Å². The van der Waals surface area contributed by atoms with Crippen molar-refractivity contribution in [3.8, 4) is 5.69 Å². The highest BCUT2D eigenvalue weighted by Gasteiger charge is 2.25. The van der Waals surface area contributed by atoms with Gasteiger partial charge in [-0.3, -0.25) is 9.36 Å². The lowest BCUT2D eigenvalue weighted by molar-refractivity contribution is -0.129. The fourth-order valence-electron chi connectivity index (χ4n) is 2.52.